The summed E-state index contributed by atoms with van der Waals surface area (Å²) < 4.78 is 32.9. The molecule has 200 valence electrons. The summed E-state index contributed by atoms with van der Waals surface area (Å²) in [5.41, 5.74) is -0.477. The van der Waals surface area contributed by atoms with Gasteiger partial charge in [-0.1, -0.05) is 0 Å². The number of aliphatic hydroxyl groups excluding tert-OH is 7. The van der Waals surface area contributed by atoms with Gasteiger partial charge in [0.15, 0.2) is 23.9 Å². The monoisotopic (exact) mass is 516 g/mol. The van der Waals surface area contributed by atoms with Crippen LogP contribution in [0.4, 0.5) is 0 Å². The molecule has 0 unspecified atom stereocenters. The number of aliphatic hydroxyl groups is 7. The normalized spacial score (nSPS) is 37.1. The van der Waals surface area contributed by atoms with Crippen molar-refractivity contribution >= 4 is 11.0 Å². The number of ether oxygens (including phenoxy) is 5. The molecule has 0 bridgehead atoms. The van der Waals surface area contributed by atoms with Gasteiger partial charge in [-0.25, -0.2) is 4.79 Å². The van der Waals surface area contributed by atoms with Crippen LogP contribution in [0.25, 0.3) is 11.0 Å². The largest absolute Gasteiger partial charge is 0.493 e. The first-order valence-corrected chi connectivity index (χ1v) is 11.1. The lowest BCUT2D eigenvalue weighted by Gasteiger charge is -2.45. The topological polar surface area (TPSA) is 218 Å². The minimum atomic E-state index is -1.81. The van der Waals surface area contributed by atoms with Gasteiger partial charge in [-0.15, -0.1) is 0 Å². The third-order valence-corrected chi connectivity index (χ3v) is 6.11. The highest BCUT2D eigenvalue weighted by atomic mass is 16.8. The van der Waals surface area contributed by atoms with Gasteiger partial charge in [0, 0.05) is 17.5 Å². The molecule has 14 nitrogen and oxygen atoms in total. The van der Waals surface area contributed by atoms with E-state index in [4.69, 9.17) is 28.1 Å². The number of hydrogen-bond acceptors (Lipinski definition) is 14. The van der Waals surface area contributed by atoms with E-state index < -0.39 is 80.3 Å². The minimum absolute atomic E-state index is 0.0213. The Morgan fingerprint density at radius 3 is 2.08 bits per heavy atom. The van der Waals surface area contributed by atoms with Crippen LogP contribution in [0.3, 0.4) is 0 Å². The lowest BCUT2D eigenvalue weighted by Crippen LogP contribution is -2.65. The van der Waals surface area contributed by atoms with Crippen LogP contribution >= 0.6 is 0 Å². The molecule has 10 atom stereocenters. The molecule has 2 saturated heterocycles. The van der Waals surface area contributed by atoms with Crippen molar-refractivity contribution in [1.82, 2.24) is 0 Å². The van der Waals surface area contributed by atoms with Crippen molar-refractivity contribution in [2.45, 2.75) is 61.4 Å². The molecule has 0 spiro atoms. The Kier molecular flexibility index (Phi) is 8.11. The number of benzene rings is 1. The molecule has 0 aliphatic carbocycles. The van der Waals surface area contributed by atoms with Crippen molar-refractivity contribution in [2.24, 2.45) is 0 Å². The van der Waals surface area contributed by atoms with E-state index in [1.165, 1.54) is 31.4 Å². The average Bonchev–Trinajstić information content (AvgIpc) is 2.87. The van der Waals surface area contributed by atoms with Crippen LogP contribution in [-0.4, -0.2) is 117 Å². The Hall–Kier alpha value is -2.37. The van der Waals surface area contributed by atoms with E-state index in [1.54, 1.807) is 0 Å². The maximum Gasteiger partial charge on any atom is 0.336 e. The maximum atomic E-state index is 11.6. The molecule has 2 aliphatic rings. The van der Waals surface area contributed by atoms with Crippen molar-refractivity contribution < 1.29 is 63.8 Å². The molecule has 2 aliphatic heterocycles. The maximum absolute atomic E-state index is 11.6. The Labute approximate surface area is 203 Å². The second-order valence-corrected chi connectivity index (χ2v) is 8.42. The molecular weight excluding hydrogens is 488 g/mol. The molecule has 2 aromatic rings. The van der Waals surface area contributed by atoms with Crippen LogP contribution < -0.4 is 15.1 Å². The quantitative estimate of drug-likeness (QED) is 0.180. The van der Waals surface area contributed by atoms with Gasteiger partial charge in [0.2, 0.25) is 6.29 Å². The van der Waals surface area contributed by atoms with E-state index in [-0.39, 0.29) is 17.1 Å². The van der Waals surface area contributed by atoms with Gasteiger partial charge >= 0.3 is 5.63 Å². The van der Waals surface area contributed by atoms with Crippen LogP contribution in [-0.2, 0) is 14.2 Å². The summed E-state index contributed by atoms with van der Waals surface area (Å²) in [7, 11) is 1.35. The van der Waals surface area contributed by atoms with E-state index >= 15 is 0 Å². The zero-order valence-corrected chi connectivity index (χ0v) is 19.0. The van der Waals surface area contributed by atoms with E-state index in [9.17, 15) is 40.5 Å². The Balaban J connectivity index is 1.66. The SMILES string of the molecule is COc1cc2ccc(=O)oc2cc1O[C@@H]1O[C@@H](CO)[C@@H](O)[C@@H](O)[C@H]1O[C@@H]1O[C@H](CO)[C@H](O)[C@@H](O)[C@@H]1O. The van der Waals surface area contributed by atoms with Gasteiger partial charge in [-0.3, -0.25) is 0 Å². The Morgan fingerprint density at radius 1 is 0.806 bits per heavy atom. The van der Waals surface area contributed by atoms with E-state index in [0.717, 1.165) is 0 Å². The lowest BCUT2D eigenvalue weighted by atomic mass is 9.97. The first-order valence-electron chi connectivity index (χ1n) is 11.1. The first kappa shape index (κ1) is 26.7. The highest BCUT2D eigenvalue weighted by Gasteiger charge is 2.51. The number of hydrogen-bond donors (Lipinski definition) is 7. The standard InChI is InChI=1S/C22H28O14/c1-31-10-4-8-2-3-14(25)32-9(8)5-11(10)33-22-20(18(29)16(27)13(7-24)35-22)36-21-19(30)17(28)15(26)12(6-23)34-21/h2-5,12-13,15-24,26-30H,6-7H2,1H3/t12-,13+,15+,16-,17-,18-,19+,20-,21+,22-/m1/s1. The molecule has 3 heterocycles. The molecule has 0 saturated carbocycles. The van der Waals surface area contributed by atoms with Gasteiger partial charge in [0.05, 0.1) is 20.3 Å². The Morgan fingerprint density at radius 2 is 1.44 bits per heavy atom. The highest BCUT2D eigenvalue weighted by Crippen LogP contribution is 2.36. The predicted molar refractivity (Wildman–Crippen MR) is 116 cm³/mol. The molecule has 0 radical (unpaired) electrons. The molecular formula is C22H28O14. The third kappa shape index (κ3) is 5.05. The fourth-order valence-corrected chi connectivity index (χ4v) is 4.08. The van der Waals surface area contributed by atoms with E-state index in [1.807, 2.05) is 0 Å². The summed E-state index contributed by atoms with van der Waals surface area (Å²) in [6.07, 6.45) is -16.1. The summed E-state index contributed by atoms with van der Waals surface area (Å²) in [6.45, 7) is -1.42. The van der Waals surface area contributed by atoms with Crippen molar-refractivity contribution in [2.75, 3.05) is 20.3 Å². The lowest BCUT2D eigenvalue weighted by molar-refractivity contribution is -0.357. The number of fused-ring (bicyclic) bond motifs is 1. The van der Waals surface area contributed by atoms with Crippen LogP contribution in [0.1, 0.15) is 0 Å². The molecule has 1 aromatic heterocycles. The van der Waals surface area contributed by atoms with Gasteiger partial charge < -0.3 is 63.8 Å². The fourth-order valence-electron chi connectivity index (χ4n) is 4.08. The van der Waals surface area contributed by atoms with Gasteiger partial charge in [-0.2, -0.15) is 0 Å². The van der Waals surface area contributed by atoms with Crippen molar-refractivity contribution in [1.29, 1.82) is 0 Å². The first-order chi connectivity index (χ1) is 17.2. The molecule has 36 heavy (non-hydrogen) atoms. The van der Waals surface area contributed by atoms with E-state index in [2.05, 4.69) is 0 Å². The predicted octanol–water partition coefficient (Wildman–Crippen LogP) is -3.20. The molecule has 2 fully saturated rings. The second-order valence-electron chi connectivity index (χ2n) is 8.42. The summed E-state index contributed by atoms with van der Waals surface area (Å²) in [5.74, 6) is 0.153. The summed E-state index contributed by atoms with van der Waals surface area (Å²) in [6, 6.07) is 5.58. The zero-order chi connectivity index (χ0) is 26.1. The molecule has 7 N–H and O–H groups in total. The molecule has 4 rings (SSSR count). The van der Waals surface area contributed by atoms with Gasteiger partial charge in [0.25, 0.3) is 0 Å². The summed E-state index contributed by atoms with van der Waals surface area (Å²) in [4.78, 5) is 11.6. The van der Waals surface area contributed by atoms with Crippen molar-refractivity contribution in [3.05, 3.63) is 34.7 Å². The molecule has 1 aromatic carbocycles. The summed E-state index contributed by atoms with van der Waals surface area (Å²) >= 11 is 0. The van der Waals surface area contributed by atoms with E-state index in [0.29, 0.717) is 5.39 Å². The van der Waals surface area contributed by atoms with Crippen LogP contribution in [0.2, 0.25) is 0 Å². The number of rotatable bonds is 7. The van der Waals surface area contributed by atoms with Gasteiger partial charge in [0.1, 0.15) is 48.3 Å². The second kappa shape index (κ2) is 10.9. The highest BCUT2D eigenvalue weighted by molar-refractivity contribution is 5.80. The zero-order valence-electron chi connectivity index (χ0n) is 19.0. The van der Waals surface area contributed by atoms with Crippen LogP contribution in [0, 0.1) is 0 Å². The van der Waals surface area contributed by atoms with Gasteiger partial charge in [-0.05, 0) is 12.1 Å². The Bertz CT molecular complexity index is 1090. The summed E-state index contributed by atoms with van der Waals surface area (Å²) in [5, 5.41) is 71.0. The third-order valence-electron chi connectivity index (χ3n) is 6.11. The minimum Gasteiger partial charge on any atom is -0.493 e. The van der Waals surface area contributed by atoms with Crippen LogP contribution in [0.15, 0.2) is 33.5 Å². The average molecular weight is 516 g/mol. The molecule has 0 amide bonds. The van der Waals surface area contributed by atoms with Crippen LogP contribution in [0.5, 0.6) is 11.5 Å². The molecule has 14 heteroatoms. The number of methoxy groups -OCH3 is 1. The fraction of sp³-hybridized carbons (Fsp3) is 0.591. The van der Waals surface area contributed by atoms with Crippen molar-refractivity contribution in [3.63, 3.8) is 0 Å². The smallest absolute Gasteiger partial charge is 0.336 e. The van der Waals surface area contributed by atoms with Crippen molar-refractivity contribution in [3.8, 4) is 11.5 Å².